The molecule has 3 aromatic rings. The van der Waals surface area contributed by atoms with E-state index in [-0.39, 0.29) is 11.8 Å². The van der Waals surface area contributed by atoms with E-state index in [0.717, 1.165) is 58.0 Å². The van der Waals surface area contributed by atoms with Crippen LogP contribution in [-0.2, 0) is 11.2 Å². The van der Waals surface area contributed by atoms with Crippen LogP contribution in [0.3, 0.4) is 0 Å². The molecule has 0 saturated carbocycles. The zero-order valence-electron chi connectivity index (χ0n) is 20.5. The number of thiazole rings is 1. The van der Waals surface area contributed by atoms with E-state index in [2.05, 4.69) is 16.3 Å². The average molecular weight is 489 g/mol. The predicted octanol–water partition coefficient (Wildman–Crippen LogP) is 5.44. The molecule has 0 radical (unpaired) electrons. The number of likely N-dealkylation sites (tertiary alicyclic amines) is 1. The molecule has 7 heteroatoms. The van der Waals surface area contributed by atoms with Crippen molar-refractivity contribution < 1.29 is 9.59 Å². The molecule has 1 fully saturated rings. The Hall–Kier alpha value is -3.03. The Morgan fingerprint density at radius 1 is 1.00 bits per heavy atom. The second-order valence-electron chi connectivity index (χ2n) is 9.53. The standard InChI is InChI=1S/C28H32N4O2S/c1-19-9-5-6-10-23(19)27(34)32-16-13-21-17-22(11-12-24(21)32)26-20(2)35-28(30-26)29-25(33)18-31-14-7-3-4-8-15-31/h5-6,9-12,17H,3-4,7-8,13-16,18H2,1-2H3,(H,29,30,33). The van der Waals surface area contributed by atoms with Gasteiger partial charge in [0.25, 0.3) is 5.91 Å². The number of carbonyl (C=O) groups excluding carboxylic acids is 2. The largest absolute Gasteiger partial charge is 0.308 e. The Bertz CT molecular complexity index is 1240. The smallest absolute Gasteiger partial charge is 0.258 e. The number of aromatic nitrogens is 1. The van der Waals surface area contributed by atoms with E-state index in [0.29, 0.717) is 18.2 Å². The second kappa shape index (κ2) is 10.3. The van der Waals surface area contributed by atoms with Gasteiger partial charge in [0.05, 0.1) is 12.2 Å². The van der Waals surface area contributed by atoms with Crippen molar-refractivity contribution in [1.82, 2.24) is 9.88 Å². The van der Waals surface area contributed by atoms with Gasteiger partial charge < -0.3 is 10.2 Å². The molecule has 182 valence electrons. The maximum atomic E-state index is 13.2. The van der Waals surface area contributed by atoms with Gasteiger partial charge in [0, 0.05) is 28.2 Å². The Labute approximate surface area is 211 Å². The highest BCUT2D eigenvalue weighted by atomic mass is 32.1. The summed E-state index contributed by atoms with van der Waals surface area (Å²) < 4.78 is 0. The summed E-state index contributed by atoms with van der Waals surface area (Å²) in [5.41, 5.74) is 5.79. The lowest BCUT2D eigenvalue weighted by Crippen LogP contribution is -2.33. The van der Waals surface area contributed by atoms with Crippen molar-refractivity contribution in [3.8, 4) is 11.3 Å². The van der Waals surface area contributed by atoms with E-state index in [9.17, 15) is 9.59 Å². The van der Waals surface area contributed by atoms with Crippen LogP contribution in [0.1, 0.15) is 52.0 Å². The van der Waals surface area contributed by atoms with Gasteiger partial charge in [-0.2, -0.15) is 0 Å². The summed E-state index contributed by atoms with van der Waals surface area (Å²) >= 11 is 1.52. The molecule has 0 aliphatic carbocycles. The minimum absolute atomic E-state index is 0.00603. The number of fused-ring (bicyclic) bond motifs is 1. The van der Waals surface area contributed by atoms with Gasteiger partial charge in [0.15, 0.2) is 5.13 Å². The summed E-state index contributed by atoms with van der Waals surface area (Å²) in [5, 5.41) is 3.66. The van der Waals surface area contributed by atoms with Crippen LogP contribution in [-0.4, -0.2) is 47.9 Å². The fourth-order valence-electron chi connectivity index (χ4n) is 5.09. The van der Waals surface area contributed by atoms with Gasteiger partial charge in [-0.25, -0.2) is 4.98 Å². The Morgan fingerprint density at radius 3 is 2.54 bits per heavy atom. The van der Waals surface area contributed by atoms with Crippen LogP contribution in [0.25, 0.3) is 11.3 Å². The van der Waals surface area contributed by atoms with Gasteiger partial charge in [-0.15, -0.1) is 11.3 Å². The van der Waals surface area contributed by atoms with Crippen molar-refractivity contribution >= 4 is 34.0 Å². The van der Waals surface area contributed by atoms with Gasteiger partial charge in [0.2, 0.25) is 5.91 Å². The van der Waals surface area contributed by atoms with Crippen molar-refractivity contribution in [2.45, 2.75) is 46.0 Å². The van der Waals surface area contributed by atoms with E-state index < -0.39 is 0 Å². The summed E-state index contributed by atoms with van der Waals surface area (Å²) in [5.74, 6) is 0.0559. The number of hydrogen-bond donors (Lipinski definition) is 1. The maximum absolute atomic E-state index is 13.2. The summed E-state index contributed by atoms with van der Waals surface area (Å²) in [7, 11) is 0. The fourth-order valence-corrected chi connectivity index (χ4v) is 5.94. The first-order chi connectivity index (χ1) is 17.0. The van der Waals surface area contributed by atoms with Gasteiger partial charge >= 0.3 is 0 Å². The van der Waals surface area contributed by atoms with Gasteiger partial charge in [-0.3, -0.25) is 14.5 Å². The molecule has 3 heterocycles. The van der Waals surface area contributed by atoms with Gasteiger partial charge in [0.1, 0.15) is 0 Å². The molecule has 0 bridgehead atoms. The number of nitrogens with zero attached hydrogens (tertiary/aromatic N) is 3. The summed E-state index contributed by atoms with van der Waals surface area (Å²) in [6, 6.07) is 13.9. The SMILES string of the molecule is Cc1ccccc1C(=O)N1CCc2cc(-c3nc(NC(=O)CN4CCCCCC4)sc3C)ccc21. The number of nitrogens with one attached hydrogen (secondary N) is 1. The highest BCUT2D eigenvalue weighted by Crippen LogP contribution is 2.36. The van der Waals surface area contributed by atoms with Crippen LogP contribution in [0, 0.1) is 13.8 Å². The molecule has 5 rings (SSSR count). The van der Waals surface area contributed by atoms with Crippen LogP contribution in [0.5, 0.6) is 0 Å². The molecular formula is C28H32N4O2S. The first-order valence-electron chi connectivity index (χ1n) is 12.5. The van der Waals surface area contributed by atoms with Gasteiger partial charge in [-0.1, -0.05) is 37.1 Å². The van der Waals surface area contributed by atoms with E-state index in [1.807, 2.05) is 55.1 Å². The normalized spacial score (nSPS) is 16.1. The molecule has 1 N–H and O–H groups in total. The first kappa shape index (κ1) is 23.7. The lowest BCUT2D eigenvalue weighted by Gasteiger charge is -2.18. The zero-order chi connectivity index (χ0) is 24.4. The molecule has 0 spiro atoms. The van der Waals surface area contributed by atoms with E-state index in [4.69, 9.17) is 4.98 Å². The number of benzene rings is 2. The number of aryl methyl sites for hydroxylation is 2. The molecule has 1 aromatic heterocycles. The Kier molecular flexibility index (Phi) is 6.97. The number of rotatable bonds is 5. The van der Waals surface area contributed by atoms with Crippen molar-refractivity contribution in [3.05, 3.63) is 64.0 Å². The third-order valence-electron chi connectivity index (χ3n) is 6.98. The molecule has 1 saturated heterocycles. The monoisotopic (exact) mass is 488 g/mol. The van der Waals surface area contributed by atoms with Gasteiger partial charge in [-0.05, 0) is 75.5 Å². The number of anilines is 2. The Morgan fingerprint density at radius 2 is 1.77 bits per heavy atom. The van der Waals surface area contributed by atoms with Crippen molar-refractivity contribution in [2.24, 2.45) is 0 Å². The minimum Gasteiger partial charge on any atom is -0.308 e. The van der Waals surface area contributed by atoms with Crippen molar-refractivity contribution in [3.63, 3.8) is 0 Å². The topological polar surface area (TPSA) is 65.5 Å². The quantitative estimate of drug-likeness (QED) is 0.519. The molecular weight excluding hydrogens is 456 g/mol. The molecule has 2 aliphatic heterocycles. The summed E-state index contributed by atoms with van der Waals surface area (Å²) in [6.07, 6.45) is 5.67. The first-order valence-corrected chi connectivity index (χ1v) is 13.3. The predicted molar refractivity (Wildman–Crippen MR) is 142 cm³/mol. The molecule has 6 nitrogen and oxygen atoms in total. The third kappa shape index (κ3) is 5.16. The third-order valence-corrected chi connectivity index (χ3v) is 7.86. The Balaban J connectivity index is 1.30. The lowest BCUT2D eigenvalue weighted by molar-refractivity contribution is -0.117. The van der Waals surface area contributed by atoms with E-state index in [1.54, 1.807) is 0 Å². The van der Waals surface area contributed by atoms with Crippen molar-refractivity contribution in [2.75, 3.05) is 36.4 Å². The summed E-state index contributed by atoms with van der Waals surface area (Å²) in [6.45, 7) is 7.11. The molecule has 35 heavy (non-hydrogen) atoms. The highest BCUT2D eigenvalue weighted by Gasteiger charge is 2.27. The highest BCUT2D eigenvalue weighted by molar-refractivity contribution is 7.16. The van der Waals surface area contributed by atoms with Crippen LogP contribution < -0.4 is 10.2 Å². The number of amides is 2. The summed E-state index contributed by atoms with van der Waals surface area (Å²) in [4.78, 5) is 35.8. The number of hydrogen-bond acceptors (Lipinski definition) is 5. The molecule has 2 aromatic carbocycles. The van der Waals surface area contributed by atoms with E-state index in [1.165, 1.54) is 37.0 Å². The number of carbonyl (C=O) groups is 2. The van der Waals surface area contributed by atoms with Crippen LogP contribution in [0.15, 0.2) is 42.5 Å². The van der Waals surface area contributed by atoms with Crippen molar-refractivity contribution in [1.29, 1.82) is 0 Å². The molecule has 2 amide bonds. The zero-order valence-corrected chi connectivity index (χ0v) is 21.3. The lowest BCUT2D eigenvalue weighted by atomic mass is 10.0. The van der Waals surface area contributed by atoms with Crippen LogP contribution in [0.4, 0.5) is 10.8 Å². The maximum Gasteiger partial charge on any atom is 0.258 e. The molecule has 0 unspecified atom stereocenters. The minimum atomic E-state index is 0.00603. The molecule has 0 atom stereocenters. The van der Waals surface area contributed by atoms with Crippen LogP contribution in [0.2, 0.25) is 0 Å². The molecule has 2 aliphatic rings. The van der Waals surface area contributed by atoms with E-state index >= 15 is 0 Å². The van der Waals surface area contributed by atoms with Crippen LogP contribution >= 0.6 is 11.3 Å². The average Bonchev–Trinajstić information content (AvgIpc) is 3.33. The second-order valence-corrected chi connectivity index (χ2v) is 10.7. The fraction of sp³-hybridized carbons (Fsp3) is 0.393.